The first-order valence-corrected chi connectivity index (χ1v) is 15.1. The quantitative estimate of drug-likeness (QED) is 0.335. The first kappa shape index (κ1) is 29.0. The molecule has 0 unspecified atom stereocenters. The van der Waals surface area contributed by atoms with E-state index in [1.807, 2.05) is 24.3 Å². The van der Waals surface area contributed by atoms with E-state index in [1.54, 1.807) is 25.9 Å². The zero-order valence-corrected chi connectivity index (χ0v) is 24.8. The van der Waals surface area contributed by atoms with Crippen LogP contribution in [0.5, 0.6) is 11.5 Å². The fraction of sp³-hybridized carbons (Fsp3) is 0.625. The number of esters is 1. The van der Waals surface area contributed by atoms with Gasteiger partial charge in [0.15, 0.2) is 23.2 Å². The third-order valence-corrected chi connectivity index (χ3v) is 9.57. The summed E-state index contributed by atoms with van der Waals surface area (Å²) in [6.07, 6.45) is 8.07. The summed E-state index contributed by atoms with van der Waals surface area (Å²) >= 11 is 0. The Morgan fingerprint density at radius 2 is 1.83 bits per heavy atom. The van der Waals surface area contributed by atoms with E-state index in [2.05, 4.69) is 11.0 Å². The zero-order valence-electron chi connectivity index (χ0n) is 24.8. The highest BCUT2D eigenvalue weighted by Crippen LogP contribution is 2.55. The minimum atomic E-state index is -2.06. The molecule has 1 aromatic carbocycles. The van der Waals surface area contributed by atoms with Crippen LogP contribution in [0.1, 0.15) is 69.4 Å². The second kappa shape index (κ2) is 10.9. The minimum absolute atomic E-state index is 0.0151. The number of carbonyl (C=O) groups is 2. The lowest BCUT2D eigenvalue weighted by Gasteiger charge is -2.39. The molecule has 1 aliphatic carbocycles. The Morgan fingerprint density at radius 3 is 2.55 bits per heavy atom. The summed E-state index contributed by atoms with van der Waals surface area (Å²) in [7, 11) is 1.58. The van der Waals surface area contributed by atoms with Gasteiger partial charge >= 0.3 is 5.97 Å². The van der Waals surface area contributed by atoms with Crippen molar-refractivity contribution in [2.75, 3.05) is 40.1 Å². The molecule has 4 heterocycles. The molecule has 1 amide bonds. The number of aliphatic hydroxyl groups is 2. The van der Waals surface area contributed by atoms with Gasteiger partial charge in [-0.25, -0.2) is 4.79 Å². The van der Waals surface area contributed by atoms with Crippen molar-refractivity contribution in [2.24, 2.45) is 0 Å². The molecule has 1 fully saturated rings. The lowest BCUT2D eigenvalue weighted by molar-refractivity contribution is -0.177. The number of nitrogens with zero attached hydrogens (tertiary/aromatic N) is 2. The molecule has 0 bridgehead atoms. The van der Waals surface area contributed by atoms with Crippen molar-refractivity contribution in [2.45, 2.75) is 87.6 Å². The molecule has 10 nitrogen and oxygen atoms in total. The van der Waals surface area contributed by atoms with Crippen molar-refractivity contribution in [3.8, 4) is 11.5 Å². The van der Waals surface area contributed by atoms with Crippen LogP contribution in [0, 0.1) is 0 Å². The molecule has 42 heavy (non-hydrogen) atoms. The van der Waals surface area contributed by atoms with E-state index >= 15 is 0 Å². The summed E-state index contributed by atoms with van der Waals surface area (Å²) in [4.78, 5) is 31.3. The number of benzene rings is 1. The molecule has 4 atom stereocenters. The van der Waals surface area contributed by atoms with E-state index < -0.39 is 35.2 Å². The number of hydrogen-bond donors (Lipinski definition) is 2. The Balaban J connectivity index is 1.33. The second-order valence-corrected chi connectivity index (χ2v) is 12.9. The van der Waals surface area contributed by atoms with E-state index in [0.29, 0.717) is 43.2 Å². The number of amides is 1. The van der Waals surface area contributed by atoms with Crippen LogP contribution in [-0.4, -0.2) is 94.8 Å². The summed E-state index contributed by atoms with van der Waals surface area (Å²) in [5.41, 5.74) is -1.31. The van der Waals surface area contributed by atoms with Crippen molar-refractivity contribution in [3.63, 3.8) is 0 Å². The van der Waals surface area contributed by atoms with E-state index in [4.69, 9.17) is 18.9 Å². The number of hydrogen-bond acceptors (Lipinski definition) is 9. The lowest BCUT2D eigenvalue weighted by Crippen LogP contribution is -2.50. The summed E-state index contributed by atoms with van der Waals surface area (Å²) in [5.74, 6) is 0.471. The van der Waals surface area contributed by atoms with Gasteiger partial charge in [-0.15, -0.1) is 0 Å². The van der Waals surface area contributed by atoms with E-state index in [0.717, 1.165) is 43.5 Å². The van der Waals surface area contributed by atoms with Crippen LogP contribution < -0.4 is 9.47 Å². The standard InChI is InChI=1S/C32H42N2O8/c1-30(2,37)9-6-11-32(38,19-26(35)33-12-4-5-13-33)29(36)42-28-25(39-3)18-31-10-7-14-34(31)15-8-21-16-23-24(41-20-40-23)17-22(21)27(28)31/h4-5,16-18,27-28,37-38H,6-15,19-20H2,1-3H3/t27-,28-,31+,32-/m1/s1. The van der Waals surface area contributed by atoms with Gasteiger partial charge in [0.05, 0.1) is 30.6 Å². The zero-order chi connectivity index (χ0) is 29.7. The van der Waals surface area contributed by atoms with Crippen molar-refractivity contribution < 1.29 is 38.7 Å². The molecule has 1 saturated heterocycles. The van der Waals surface area contributed by atoms with Crippen molar-refractivity contribution in [1.29, 1.82) is 0 Å². The number of rotatable bonds is 9. The highest BCUT2D eigenvalue weighted by molar-refractivity contribution is 5.88. The molecule has 0 aromatic heterocycles. The first-order chi connectivity index (χ1) is 20.0. The number of fused-ring (bicyclic) bond motifs is 3. The van der Waals surface area contributed by atoms with Crippen LogP contribution in [0.2, 0.25) is 0 Å². The molecule has 1 spiro atoms. The van der Waals surface area contributed by atoms with Crippen LogP contribution >= 0.6 is 0 Å². The van der Waals surface area contributed by atoms with Gasteiger partial charge in [0.2, 0.25) is 12.7 Å². The Bertz CT molecular complexity index is 1290. The molecule has 5 aliphatic rings. The minimum Gasteiger partial charge on any atom is -0.497 e. The fourth-order valence-corrected chi connectivity index (χ4v) is 7.44. The molecule has 0 saturated carbocycles. The molecule has 4 aliphatic heterocycles. The Morgan fingerprint density at radius 1 is 1.10 bits per heavy atom. The molecule has 228 valence electrons. The third kappa shape index (κ3) is 5.18. The predicted octanol–water partition coefficient (Wildman–Crippen LogP) is 2.81. The van der Waals surface area contributed by atoms with Gasteiger partial charge in [0.1, 0.15) is 5.76 Å². The number of carbonyl (C=O) groups excluding carboxylic acids is 2. The predicted molar refractivity (Wildman–Crippen MR) is 153 cm³/mol. The maximum absolute atomic E-state index is 14.1. The van der Waals surface area contributed by atoms with E-state index in [-0.39, 0.29) is 25.0 Å². The Hall–Kier alpha value is -3.08. The average molecular weight is 583 g/mol. The van der Waals surface area contributed by atoms with Crippen LogP contribution in [0.25, 0.3) is 0 Å². The topological polar surface area (TPSA) is 118 Å². The van der Waals surface area contributed by atoms with Gasteiger partial charge < -0.3 is 34.1 Å². The summed E-state index contributed by atoms with van der Waals surface area (Å²) < 4.78 is 23.6. The molecule has 10 heteroatoms. The summed E-state index contributed by atoms with van der Waals surface area (Å²) in [5, 5.41) is 22.1. The highest BCUT2D eigenvalue weighted by atomic mass is 16.7. The van der Waals surface area contributed by atoms with Crippen LogP contribution in [0.3, 0.4) is 0 Å². The smallest absolute Gasteiger partial charge is 0.339 e. The highest BCUT2D eigenvalue weighted by Gasteiger charge is 2.59. The SMILES string of the molecule is COC1=C[C@]23CCCN2CCc2cc4c(cc2[C@@H]3[C@@H]1OC(=O)[C@@](O)(CCCC(C)(C)O)CC(=O)N1CC=CC1)OCO4. The van der Waals surface area contributed by atoms with Gasteiger partial charge in [0, 0.05) is 19.6 Å². The summed E-state index contributed by atoms with van der Waals surface area (Å²) in [6, 6.07) is 4.05. The second-order valence-electron chi connectivity index (χ2n) is 12.9. The van der Waals surface area contributed by atoms with Gasteiger partial charge in [-0.2, -0.15) is 0 Å². The fourth-order valence-electron chi connectivity index (χ4n) is 7.44. The van der Waals surface area contributed by atoms with Crippen molar-refractivity contribution >= 4 is 11.9 Å². The molecule has 6 rings (SSSR count). The molecule has 2 N–H and O–H groups in total. The van der Waals surface area contributed by atoms with E-state index in [1.165, 1.54) is 0 Å². The van der Waals surface area contributed by atoms with Crippen molar-refractivity contribution in [3.05, 3.63) is 47.2 Å². The molecular formula is C32H42N2O8. The Labute approximate surface area is 246 Å². The number of methoxy groups -OCH3 is 1. The van der Waals surface area contributed by atoms with Gasteiger partial charge in [-0.3, -0.25) is 9.69 Å². The van der Waals surface area contributed by atoms with E-state index in [9.17, 15) is 19.8 Å². The largest absolute Gasteiger partial charge is 0.497 e. The summed E-state index contributed by atoms with van der Waals surface area (Å²) in [6.45, 7) is 6.18. The Kier molecular flexibility index (Phi) is 7.52. The van der Waals surface area contributed by atoms with Crippen LogP contribution in [-0.2, 0) is 25.5 Å². The van der Waals surface area contributed by atoms with Crippen LogP contribution in [0.15, 0.2) is 36.1 Å². The van der Waals surface area contributed by atoms with Gasteiger partial charge in [-0.1, -0.05) is 12.2 Å². The van der Waals surface area contributed by atoms with Gasteiger partial charge in [-0.05, 0) is 88.3 Å². The lowest BCUT2D eigenvalue weighted by atomic mass is 9.77. The average Bonchev–Trinajstić information content (AvgIpc) is 3.73. The maximum Gasteiger partial charge on any atom is 0.339 e. The monoisotopic (exact) mass is 582 g/mol. The molecule has 1 aromatic rings. The third-order valence-electron chi connectivity index (χ3n) is 9.57. The van der Waals surface area contributed by atoms with Gasteiger partial charge in [0.25, 0.3) is 0 Å². The number of ether oxygens (including phenoxy) is 4. The van der Waals surface area contributed by atoms with Crippen LogP contribution in [0.4, 0.5) is 0 Å². The molecular weight excluding hydrogens is 540 g/mol. The van der Waals surface area contributed by atoms with Crippen molar-refractivity contribution in [1.82, 2.24) is 9.80 Å². The maximum atomic E-state index is 14.1. The first-order valence-electron chi connectivity index (χ1n) is 15.1. The molecule has 0 radical (unpaired) electrons. The normalized spacial score (nSPS) is 27.5.